The van der Waals surface area contributed by atoms with Crippen molar-refractivity contribution in [3.05, 3.63) is 0 Å². The van der Waals surface area contributed by atoms with Crippen LogP contribution in [-0.2, 0) is 0 Å². The maximum absolute atomic E-state index is 2.71. The molecule has 2 unspecified atom stereocenters. The van der Waals surface area contributed by atoms with Gasteiger partial charge in [-0.05, 0) is 83.7 Å². The molecule has 3 fully saturated rings. The second-order valence-electron chi connectivity index (χ2n) is 8.11. The topological polar surface area (TPSA) is 6.48 Å². The Morgan fingerprint density at radius 1 is 0.789 bits per heavy atom. The summed E-state index contributed by atoms with van der Waals surface area (Å²) in [6.07, 6.45) is 6.01. The van der Waals surface area contributed by atoms with Crippen LogP contribution in [0.5, 0.6) is 0 Å². The van der Waals surface area contributed by atoms with Crippen molar-refractivity contribution >= 4 is 0 Å². The second-order valence-corrected chi connectivity index (χ2v) is 8.11. The molecule has 2 aliphatic heterocycles. The largest absolute Gasteiger partial charge is 0.301 e. The van der Waals surface area contributed by atoms with Crippen LogP contribution in [0.2, 0.25) is 0 Å². The summed E-state index contributed by atoms with van der Waals surface area (Å²) < 4.78 is 0. The van der Waals surface area contributed by atoms with E-state index < -0.39 is 0 Å². The number of piperidine rings is 1. The Kier molecular flexibility index (Phi) is 3.68. The van der Waals surface area contributed by atoms with E-state index in [9.17, 15) is 0 Å². The summed E-state index contributed by atoms with van der Waals surface area (Å²) in [5.41, 5.74) is 0.740. The Labute approximate surface area is 119 Å². The predicted octanol–water partition coefficient (Wildman–Crippen LogP) is 3.23. The fourth-order valence-corrected chi connectivity index (χ4v) is 4.98. The first kappa shape index (κ1) is 13.9. The second kappa shape index (κ2) is 5.04. The van der Waals surface area contributed by atoms with Crippen molar-refractivity contribution in [1.29, 1.82) is 0 Å². The van der Waals surface area contributed by atoms with Crippen molar-refractivity contribution in [2.24, 2.45) is 17.3 Å². The summed E-state index contributed by atoms with van der Waals surface area (Å²) in [6.45, 7) is 14.9. The molecule has 0 aromatic rings. The molecule has 3 rings (SSSR count). The Balaban J connectivity index is 1.57. The maximum Gasteiger partial charge on any atom is 0.00388 e. The van der Waals surface area contributed by atoms with Gasteiger partial charge in [-0.2, -0.15) is 0 Å². The minimum absolute atomic E-state index is 0.740. The molecule has 0 bridgehead atoms. The SMILES string of the molecule is CC(C)N1CCC2(CC1)CC1CN(C(C)C)CC1C2. The van der Waals surface area contributed by atoms with Gasteiger partial charge in [-0.3, -0.25) is 0 Å². The van der Waals surface area contributed by atoms with Crippen molar-refractivity contribution in [3.63, 3.8) is 0 Å². The number of rotatable bonds is 2. The lowest BCUT2D eigenvalue weighted by Crippen LogP contribution is -2.43. The van der Waals surface area contributed by atoms with Gasteiger partial charge in [0.25, 0.3) is 0 Å². The third kappa shape index (κ3) is 2.58. The predicted molar refractivity (Wildman–Crippen MR) is 81.3 cm³/mol. The minimum atomic E-state index is 0.740. The summed E-state index contributed by atoms with van der Waals surface area (Å²) in [5.74, 6) is 2.04. The highest BCUT2D eigenvalue weighted by atomic mass is 15.2. The Bertz CT molecular complexity index is 299. The first-order valence-corrected chi connectivity index (χ1v) is 8.47. The zero-order valence-electron chi connectivity index (χ0n) is 13.4. The highest BCUT2D eigenvalue weighted by Gasteiger charge is 2.49. The van der Waals surface area contributed by atoms with E-state index in [0.29, 0.717) is 0 Å². The smallest absolute Gasteiger partial charge is 0.00388 e. The lowest BCUT2D eigenvalue weighted by atomic mass is 9.75. The molecule has 1 aliphatic carbocycles. The van der Waals surface area contributed by atoms with Crippen LogP contribution in [0.15, 0.2) is 0 Å². The zero-order valence-corrected chi connectivity index (χ0v) is 13.4. The summed E-state index contributed by atoms with van der Waals surface area (Å²) in [4.78, 5) is 5.39. The molecule has 0 amide bonds. The van der Waals surface area contributed by atoms with Gasteiger partial charge in [0.15, 0.2) is 0 Å². The van der Waals surface area contributed by atoms with E-state index in [1.54, 1.807) is 0 Å². The fourth-order valence-electron chi connectivity index (χ4n) is 4.98. The van der Waals surface area contributed by atoms with E-state index in [2.05, 4.69) is 37.5 Å². The van der Waals surface area contributed by atoms with Crippen LogP contribution in [0, 0.1) is 17.3 Å². The molecular formula is C17H32N2. The third-order valence-electron chi connectivity index (χ3n) is 6.31. The average molecular weight is 264 g/mol. The molecule has 0 aromatic heterocycles. The number of nitrogens with zero attached hydrogens (tertiary/aromatic N) is 2. The van der Waals surface area contributed by atoms with E-state index in [-0.39, 0.29) is 0 Å². The lowest BCUT2D eigenvalue weighted by Gasteiger charge is -2.42. The molecule has 110 valence electrons. The quantitative estimate of drug-likeness (QED) is 0.755. The molecule has 3 aliphatic rings. The molecule has 1 spiro atoms. The number of hydrogen-bond acceptors (Lipinski definition) is 2. The molecule has 0 N–H and O–H groups in total. The van der Waals surface area contributed by atoms with Crippen molar-refractivity contribution in [2.75, 3.05) is 26.2 Å². The van der Waals surface area contributed by atoms with Crippen LogP contribution >= 0.6 is 0 Å². The van der Waals surface area contributed by atoms with Gasteiger partial charge in [0, 0.05) is 25.2 Å². The lowest BCUT2D eigenvalue weighted by molar-refractivity contribution is 0.0756. The molecule has 19 heavy (non-hydrogen) atoms. The van der Waals surface area contributed by atoms with Crippen LogP contribution in [-0.4, -0.2) is 48.1 Å². The number of fused-ring (bicyclic) bond motifs is 1. The van der Waals surface area contributed by atoms with Crippen LogP contribution in [0.4, 0.5) is 0 Å². The molecule has 2 heterocycles. The highest BCUT2D eigenvalue weighted by Crippen LogP contribution is 2.54. The third-order valence-corrected chi connectivity index (χ3v) is 6.31. The normalized spacial score (nSPS) is 35.7. The van der Waals surface area contributed by atoms with Gasteiger partial charge in [-0.1, -0.05) is 0 Å². The minimum Gasteiger partial charge on any atom is -0.301 e. The van der Waals surface area contributed by atoms with Gasteiger partial charge in [0.2, 0.25) is 0 Å². The molecule has 2 heteroatoms. The summed E-state index contributed by atoms with van der Waals surface area (Å²) in [5, 5.41) is 0. The van der Waals surface area contributed by atoms with Crippen LogP contribution in [0.3, 0.4) is 0 Å². The van der Waals surface area contributed by atoms with Crippen LogP contribution < -0.4 is 0 Å². The van der Waals surface area contributed by atoms with E-state index >= 15 is 0 Å². The molecule has 1 saturated carbocycles. The van der Waals surface area contributed by atoms with E-state index in [0.717, 1.165) is 29.3 Å². The van der Waals surface area contributed by atoms with Crippen molar-refractivity contribution in [3.8, 4) is 0 Å². The van der Waals surface area contributed by atoms with Gasteiger partial charge in [0.1, 0.15) is 0 Å². The van der Waals surface area contributed by atoms with Crippen molar-refractivity contribution in [2.45, 2.75) is 65.5 Å². The molecular weight excluding hydrogens is 232 g/mol. The molecule has 2 saturated heterocycles. The van der Waals surface area contributed by atoms with E-state index in [1.807, 2.05) is 0 Å². The van der Waals surface area contributed by atoms with Gasteiger partial charge in [-0.15, -0.1) is 0 Å². The Hall–Kier alpha value is -0.0800. The molecule has 2 nitrogen and oxygen atoms in total. The van der Waals surface area contributed by atoms with Crippen LogP contribution in [0.1, 0.15) is 53.4 Å². The van der Waals surface area contributed by atoms with Crippen molar-refractivity contribution in [1.82, 2.24) is 9.80 Å². The monoisotopic (exact) mass is 264 g/mol. The summed E-state index contributed by atoms with van der Waals surface area (Å²) in [7, 11) is 0. The molecule has 2 atom stereocenters. The van der Waals surface area contributed by atoms with Gasteiger partial charge in [0.05, 0.1) is 0 Å². The first-order valence-electron chi connectivity index (χ1n) is 8.47. The van der Waals surface area contributed by atoms with Crippen molar-refractivity contribution < 1.29 is 0 Å². The van der Waals surface area contributed by atoms with E-state index in [4.69, 9.17) is 0 Å². The number of likely N-dealkylation sites (tertiary alicyclic amines) is 2. The van der Waals surface area contributed by atoms with Gasteiger partial charge < -0.3 is 9.80 Å². The highest BCUT2D eigenvalue weighted by molar-refractivity contribution is 5.01. The average Bonchev–Trinajstić information content (AvgIpc) is 2.85. The molecule has 0 radical (unpaired) electrons. The Morgan fingerprint density at radius 3 is 1.68 bits per heavy atom. The Morgan fingerprint density at radius 2 is 1.26 bits per heavy atom. The zero-order chi connectivity index (χ0) is 13.6. The molecule has 0 aromatic carbocycles. The number of hydrogen-bond donors (Lipinski definition) is 0. The summed E-state index contributed by atoms with van der Waals surface area (Å²) >= 11 is 0. The van der Waals surface area contributed by atoms with Crippen LogP contribution in [0.25, 0.3) is 0 Å². The fraction of sp³-hybridized carbons (Fsp3) is 1.00. The summed E-state index contributed by atoms with van der Waals surface area (Å²) in [6, 6.07) is 1.50. The van der Waals surface area contributed by atoms with E-state index in [1.165, 1.54) is 51.9 Å². The van der Waals surface area contributed by atoms with Gasteiger partial charge in [-0.25, -0.2) is 0 Å². The van der Waals surface area contributed by atoms with Gasteiger partial charge >= 0.3 is 0 Å². The first-order chi connectivity index (χ1) is 8.99. The maximum atomic E-state index is 2.71. The standard InChI is InChI=1S/C17H32N2/c1-13(2)18-7-5-17(6-8-18)9-15-11-19(14(3)4)12-16(15)10-17/h13-16H,5-12H2,1-4H3.